The van der Waals surface area contributed by atoms with Gasteiger partial charge in [0.2, 0.25) is 0 Å². The van der Waals surface area contributed by atoms with E-state index in [9.17, 15) is 0 Å². The van der Waals surface area contributed by atoms with E-state index in [0.29, 0.717) is 10.9 Å². The molecule has 0 fully saturated rings. The highest BCUT2D eigenvalue weighted by atomic mass is 79.9. The molecule has 0 heterocycles. The first-order chi connectivity index (χ1) is 3.27. The predicted molar refractivity (Wildman–Crippen MR) is 37.8 cm³/mol. The highest BCUT2D eigenvalue weighted by molar-refractivity contribution is 7.95. The maximum absolute atomic E-state index is 5.28. The van der Waals surface area contributed by atoms with Gasteiger partial charge in [0.15, 0.2) is 0 Å². The molecule has 0 rings (SSSR count). The van der Waals surface area contributed by atoms with Crippen LogP contribution in [0, 0.1) is 0 Å². The molecule has 0 saturated carbocycles. The predicted octanol–water partition coefficient (Wildman–Crippen LogP) is -2.78. The SMILES string of the molecule is C[S+](C)CCCN.[Br-]. The summed E-state index contributed by atoms with van der Waals surface area (Å²) in [5.74, 6) is 1.30. The van der Waals surface area contributed by atoms with E-state index in [0.717, 1.165) is 6.54 Å². The van der Waals surface area contributed by atoms with Crippen LogP contribution >= 0.6 is 0 Å². The first-order valence-electron chi connectivity index (χ1n) is 2.51. The molecule has 0 aromatic rings. The minimum atomic E-state index is 0. The molecule has 0 aromatic heterocycles. The van der Waals surface area contributed by atoms with Crippen molar-refractivity contribution in [3.63, 3.8) is 0 Å². The van der Waals surface area contributed by atoms with Crippen molar-refractivity contribution in [2.75, 3.05) is 24.8 Å². The second-order valence-electron chi connectivity index (χ2n) is 1.83. The molecule has 0 bridgehead atoms. The van der Waals surface area contributed by atoms with Crippen LogP contribution in [0.1, 0.15) is 6.42 Å². The second kappa shape index (κ2) is 7.79. The van der Waals surface area contributed by atoms with Gasteiger partial charge in [0.25, 0.3) is 0 Å². The molecule has 52 valence electrons. The first-order valence-corrected chi connectivity index (χ1v) is 4.72. The van der Waals surface area contributed by atoms with Gasteiger partial charge < -0.3 is 22.7 Å². The number of halogens is 1. The molecule has 0 spiro atoms. The Bertz CT molecular complexity index is 41.4. The number of nitrogens with two attached hydrogens (primary N) is 1. The second-order valence-corrected chi connectivity index (χ2v) is 4.21. The van der Waals surface area contributed by atoms with E-state index in [2.05, 4.69) is 12.5 Å². The van der Waals surface area contributed by atoms with E-state index in [1.54, 1.807) is 0 Å². The van der Waals surface area contributed by atoms with Crippen molar-refractivity contribution in [2.24, 2.45) is 5.73 Å². The van der Waals surface area contributed by atoms with Crippen LogP contribution in [0.2, 0.25) is 0 Å². The van der Waals surface area contributed by atoms with Gasteiger partial charge >= 0.3 is 0 Å². The van der Waals surface area contributed by atoms with E-state index < -0.39 is 0 Å². The molecule has 0 aliphatic carbocycles. The summed E-state index contributed by atoms with van der Waals surface area (Å²) < 4.78 is 0. The third-order valence-electron chi connectivity index (χ3n) is 0.757. The monoisotopic (exact) mass is 199 g/mol. The molecule has 0 radical (unpaired) electrons. The molecule has 3 heteroatoms. The summed E-state index contributed by atoms with van der Waals surface area (Å²) in [6, 6.07) is 0. The van der Waals surface area contributed by atoms with Crippen LogP contribution in [0.4, 0.5) is 0 Å². The van der Waals surface area contributed by atoms with E-state index in [-0.39, 0.29) is 17.0 Å². The zero-order valence-electron chi connectivity index (χ0n) is 5.48. The lowest BCUT2D eigenvalue weighted by Gasteiger charge is -1.91. The van der Waals surface area contributed by atoms with Crippen LogP contribution in [-0.2, 0) is 10.9 Å². The summed E-state index contributed by atoms with van der Waals surface area (Å²) in [5, 5.41) is 0. The largest absolute Gasteiger partial charge is 1.00 e. The standard InChI is InChI=1S/C5H14NS.BrH/c1-7(2)5-3-4-6;/h3-6H2,1-2H3;1H/q+1;/p-1. The molecule has 0 atom stereocenters. The normalized spacial score (nSPS) is 9.00. The molecular formula is C5H14BrNS. The number of hydrogen-bond acceptors (Lipinski definition) is 1. The summed E-state index contributed by atoms with van der Waals surface area (Å²) >= 11 is 0. The van der Waals surface area contributed by atoms with Crippen molar-refractivity contribution >= 4 is 10.9 Å². The Morgan fingerprint density at radius 3 is 2.00 bits per heavy atom. The topological polar surface area (TPSA) is 26.0 Å². The van der Waals surface area contributed by atoms with Gasteiger partial charge in [-0.1, -0.05) is 0 Å². The molecule has 0 aromatic carbocycles. The molecule has 0 saturated heterocycles. The van der Waals surface area contributed by atoms with Crippen LogP contribution in [0.15, 0.2) is 0 Å². The lowest BCUT2D eigenvalue weighted by Crippen LogP contribution is -3.00. The summed E-state index contributed by atoms with van der Waals surface area (Å²) in [4.78, 5) is 0. The fraction of sp³-hybridized carbons (Fsp3) is 1.00. The zero-order chi connectivity index (χ0) is 5.70. The minimum Gasteiger partial charge on any atom is -1.00 e. The first kappa shape index (κ1) is 11.6. The number of hydrogen-bond donors (Lipinski definition) is 1. The molecule has 0 aliphatic rings. The summed E-state index contributed by atoms with van der Waals surface area (Å²) in [6.07, 6.45) is 5.68. The molecule has 2 N–H and O–H groups in total. The zero-order valence-corrected chi connectivity index (χ0v) is 7.89. The maximum atomic E-state index is 5.28. The van der Waals surface area contributed by atoms with Crippen molar-refractivity contribution in [3.8, 4) is 0 Å². The maximum Gasteiger partial charge on any atom is 0.108 e. The Balaban J connectivity index is 0. The van der Waals surface area contributed by atoms with Crippen molar-refractivity contribution in [1.82, 2.24) is 0 Å². The van der Waals surface area contributed by atoms with Crippen molar-refractivity contribution in [2.45, 2.75) is 6.42 Å². The van der Waals surface area contributed by atoms with E-state index in [4.69, 9.17) is 5.73 Å². The van der Waals surface area contributed by atoms with Crippen LogP contribution in [0.25, 0.3) is 0 Å². The van der Waals surface area contributed by atoms with Crippen molar-refractivity contribution < 1.29 is 17.0 Å². The Labute approximate surface area is 65.1 Å². The Kier molecular flexibility index (Phi) is 11.3. The van der Waals surface area contributed by atoms with Gasteiger partial charge in [-0.05, 0) is 17.4 Å². The van der Waals surface area contributed by atoms with Gasteiger partial charge in [-0.15, -0.1) is 0 Å². The quantitative estimate of drug-likeness (QED) is 0.490. The fourth-order valence-corrected chi connectivity index (χ4v) is 1.12. The lowest BCUT2D eigenvalue weighted by atomic mass is 10.5. The Morgan fingerprint density at radius 2 is 1.88 bits per heavy atom. The number of rotatable bonds is 3. The molecular weight excluding hydrogens is 186 g/mol. The van der Waals surface area contributed by atoms with Crippen molar-refractivity contribution in [1.29, 1.82) is 0 Å². The molecule has 0 amide bonds. The summed E-state index contributed by atoms with van der Waals surface area (Å²) in [7, 11) is 0.605. The summed E-state index contributed by atoms with van der Waals surface area (Å²) in [6.45, 7) is 0.852. The third kappa shape index (κ3) is 9.92. The van der Waals surface area contributed by atoms with Crippen LogP contribution in [-0.4, -0.2) is 24.8 Å². The van der Waals surface area contributed by atoms with Gasteiger partial charge in [0.05, 0.1) is 12.5 Å². The van der Waals surface area contributed by atoms with Crippen LogP contribution in [0.3, 0.4) is 0 Å². The lowest BCUT2D eigenvalue weighted by molar-refractivity contribution is -0.00000176. The minimum absolute atomic E-state index is 0. The molecule has 1 nitrogen and oxygen atoms in total. The van der Waals surface area contributed by atoms with Crippen LogP contribution in [0.5, 0.6) is 0 Å². The van der Waals surface area contributed by atoms with Gasteiger partial charge in [0.1, 0.15) is 5.75 Å². The molecule has 0 aliphatic heterocycles. The Morgan fingerprint density at radius 1 is 1.38 bits per heavy atom. The highest BCUT2D eigenvalue weighted by Gasteiger charge is 1.97. The van der Waals surface area contributed by atoms with Gasteiger partial charge in [-0.2, -0.15) is 0 Å². The summed E-state index contributed by atoms with van der Waals surface area (Å²) in [5.41, 5.74) is 5.28. The Hall–Kier alpha value is 0.790. The average Bonchev–Trinajstić information content (AvgIpc) is 1.61. The van der Waals surface area contributed by atoms with E-state index >= 15 is 0 Å². The smallest absolute Gasteiger partial charge is 0.108 e. The highest BCUT2D eigenvalue weighted by Crippen LogP contribution is 1.85. The molecule has 8 heavy (non-hydrogen) atoms. The van der Waals surface area contributed by atoms with Gasteiger partial charge in [0, 0.05) is 6.42 Å². The van der Waals surface area contributed by atoms with Crippen molar-refractivity contribution in [3.05, 3.63) is 0 Å². The van der Waals surface area contributed by atoms with E-state index in [1.165, 1.54) is 12.2 Å². The molecule has 0 unspecified atom stereocenters. The average molecular weight is 200 g/mol. The third-order valence-corrected chi connectivity index (χ3v) is 1.86. The van der Waals surface area contributed by atoms with Gasteiger partial charge in [-0.25, -0.2) is 0 Å². The van der Waals surface area contributed by atoms with E-state index in [1.807, 2.05) is 0 Å². The van der Waals surface area contributed by atoms with Crippen LogP contribution < -0.4 is 22.7 Å². The van der Waals surface area contributed by atoms with Gasteiger partial charge in [-0.3, -0.25) is 0 Å². The fourth-order valence-electron chi connectivity index (χ4n) is 0.372.